The highest BCUT2D eigenvalue weighted by Gasteiger charge is 2.46. The Labute approximate surface area is 90.5 Å². The van der Waals surface area contributed by atoms with E-state index in [1.54, 1.807) is 19.0 Å². The van der Waals surface area contributed by atoms with Crippen molar-refractivity contribution in [2.45, 2.75) is 38.1 Å². The van der Waals surface area contributed by atoms with Gasteiger partial charge in [0.15, 0.2) is 6.29 Å². The lowest BCUT2D eigenvalue weighted by molar-refractivity contribution is -0.172. The van der Waals surface area contributed by atoms with E-state index in [0.29, 0.717) is 0 Å². The van der Waals surface area contributed by atoms with Gasteiger partial charge in [0.1, 0.15) is 0 Å². The number of amides is 1. The fourth-order valence-corrected chi connectivity index (χ4v) is 1.93. The number of hydrogen-bond acceptors (Lipinski definition) is 3. The zero-order valence-electron chi connectivity index (χ0n) is 9.44. The first kappa shape index (κ1) is 10.9. The van der Waals surface area contributed by atoms with Crippen molar-refractivity contribution in [3.8, 4) is 0 Å². The van der Waals surface area contributed by atoms with Crippen LogP contribution in [0.2, 0.25) is 0 Å². The molecule has 0 N–H and O–H groups in total. The van der Waals surface area contributed by atoms with E-state index in [-0.39, 0.29) is 24.2 Å². The van der Waals surface area contributed by atoms with Crippen LogP contribution < -0.4 is 0 Å². The second-order valence-electron chi connectivity index (χ2n) is 4.55. The van der Waals surface area contributed by atoms with Gasteiger partial charge in [0.2, 0.25) is 5.91 Å². The summed E-state index contributed by atoms with van der Waals surface area (Å²) in [6, 6.07) is 0. The quantitative estimate of drug-likeness (QED) is 0.702. The van der Waals surface area contributed by atoms with Crippen molar-refractivity contribution in [3.63, 3.8) is 0 Å². The molecule has 3 atom stereocenters. The second kappa shape index (κ2) is 4.49. The summed E-state index contributed by atoms with van der Waals surface area (Å²) in [5.74, 6) is 0.251. The maximum atomic E-state index is 11.6. The molecule has 0 aromatic heterocycles. The van der Waals surface area contributed by atoms with E-state index in [4.69, 9.17) is 9.47 Å². The number of carbonyl (C=O) groups excluding carboxylic acids is 1. The maximum Gasteiger partial charge on any atom is 0.227 e. The molecule has 1 aliphatic carbocycles. The van der Waals surface area contributed by atoms with Gasteiger partial charge in [-0.25, -0.2) is 0 Å². The van der Waals surface area contributed by atoms with E-state index in [1.165, 1.54) is 6.42 Å². The summed E-state index contributed by atoms with van der Waals surface area (Å²) in [6.45, 7) is 0.795. The summed E-state index contributed by atoms with van der Waals surface area (Å²) in [4.78, 5) is 13.2. The van der Waals surface area contributed by atoms with E-state index in [9.17, 15) is 4.79 Å². The Morgan fingerprint density at radius 3 is 2.80 bits per heavy atom. The number of rotatable bonds is 3. The summed E-state index contributed by atoms with van der Waals surface area (Å²) >= 11 is 0. The average Bonchev–Trinajstić information content (AvgIpc) is 2.97. The fraction of sp³-hybridized carbons (Fsp3) is 0.909. The third kappa shape index (κ3) is 2.69. The molecule has 2 fully saturated rings. The Kier molecular flexibility index (Phi) is 3.26. The molecule has 1 saturated carbocycles. The van der Waals surface area contributed by atoms with E-state index >= 15 is 0 Å². The highest BCUT2D eigenvalue weighted by molar-refractivity contribution is 5.81. The van der Waals surface area contributed by atoms with Crippen molar-refractivity contribution in [1.82, 2.24) is 4.90 Å². The molecule has 1 heterocycles. The van der Waals surface area contributed by atoms with E-state index in [0.717, 1.165) is 25.9 Å². The van der Waals surface area contributed by atoms with Gasteiger partial charge in [-0.3, -0.25) is 4.79 Å². The Morgan fingerprint density at radius 2 is 2.20 bits per heavy atom. The summed E-state index contributed by atoms with van der Waals surface area (Å²) in [7, 11) is 3.57. The number of carbonyl (C=O) groups is 1. The number of hydrogen-bond donors (Lipinski definition) is 0. The summed E-state index contributed by atoms with van der Waals surface area (Å²) in [5, 5.41) is 0. The van der Waals surface area contributed by atoms with Crippen molar-refractivity contribution in [1.29, 1.82) is 0 Å². The molecular weight excluding hydrogens is 194 g/mol. The molecule has 0 radical (unpaired) electrons. The van der Waals surface area contributed by atoms with Crippen LogP contribution in [0.3, 0.4) is 0 Å². The third-order valence-electron chi connectivity index (χ3n) is 2.95. The Bertz CT molecular complexity index is 236. The van der Waals surface area contributed by atoms with Crippen LogP contribution in [0.25, 0.3) is 0 Å². The van der Waals surface area contributed by atoms with Crippen LogP contribution in [0.5, 0.6) is 0 Å². The molecule has 0 bridgehead atoms. The predicted octanol–water partition coefficient (Wildman–Crippen LogP) is 1.01. The minimum Gasteiger partial charge on any atom is -0.353 e. The van der Waals surface area contributed by atoms with Crippen LogP contribution >= 0.6 is 0 Å². The first-order valence-electron chi connectivity index (χ1n) is 5.66. The minimum atomic E-state index is -0.0660. The normalized spacial score (nSPS) is 34.9. The first-order valence-corrected chi connectivity index (χ1v) is 5.66. The molecule has 1 saturated heterocycles. The monoisotopic (exact) mass is 213 g/mol. The van der Waals surface area contributed by atoms with Crippen molar-refractivity contribution in [2.75, 3.05) is 20.7 Å². The molecule has 0 aromatic carbocycles. The smallest absolute Gasteiger partial charge is 0.227 e. The van der Waals surface area contributed by atoms with Crippen molar-refractivity contribution < 1.29 is 14.3 Å². The Balaban J connectivity index is 1.72. The molecule has 1 amide bonds. The van der Waals surface area contributed by atoms with E-state index in [1.807, 2.05) is 0 Å². The Hall–Kier alpha value is -0.610. The molecule has 0 aromatic rings. The molecule has 2 aliphatic rings. The van der Waals surface area contributed by atoms with Crippen LogP contribution in [-0.2, 0) is 14.3 Å². The highest BCUT2D eigenvalue weighted by atomic mass is 16.7. The number of ether oxygens (including phenoxy) is 2. The standard InChI is InChI=1S/C11H19NO3/c1-12(2)11(13)8-7-9(8)15-10-5-3-4-6-14-10/h8-10H,3-7H2,1-2H3/t8-,9-,10?/m1/s1. The van der Waals surface area contributed by atoms with Crippen LogP contribution in [0.15, 0.2) is 0 Å². The zero-order valence-corrected chi connectivity index (χ0v) is 9.44. The molecule has 86 valence electrons. The van der Waals surface area contributed by atoms with Gasteiger partial charge in [-0.15, -0.1) is 0 Å². The van der Waals surface area contributed by atoms with Gasteiger partial charge >= 0.3 is 0 Å². The lowest BCUT2D eigenvalue weighted by Crippen LogP contribution is -2.28. The average molecular weight is 213 g/mol. The van der Waals surface area contributed by atoms with E-state index in [2.05, 4.69) is 0 Å². The SMILES string of the molecule is CN(C)C(=O)[C@@H]1C[C@H]1OC1CCCCO1. The zero-order chi connectivity index (χ0) is 10.8. The molecule has 1 unspecified atom stereocenters. The van der Waals surface area contributed by atoms with Crippen molar-refractivity contribution in [3.05, 3.63) is 0 Å². The molecule has 1 aliphatic heterocycles. The van der Waals surface area contributed by atoms with Crippen LogP contribution in [0.4, 0.5) is 0 Å². The summed E-state index contributed by atoms with van der Waals surface area (Å²) < 4.78 is 11.2. The molecular formula is C11H19NO3. The molecule has 0 spiro atoms. The lowest BCUT2D eigenvalue weighted by atomic mass is 10.2. The molecule has 4 nitrogen and oxygen atoms in total. The first-order chi connectivity index (χ1) is 7.18. The molecule has 15 heavy (non-hydrogen) atoms. The van der Waals surface area contributed by atoms with Gasteiger partial charge in [0.05, 0.1) is 12.0 Å². The Morgan fingerprint density at radius 1 is 1.40 bits per heavy atom. The topological polar surface area (TPSA) is 38.8 Å². The highest BCUT2D eigenvalue weighted by Crippen LogP contribution is 2.37. The fourth-order valence-electron chi connectivity index (χ4n) is 1.93. The maximum absolute atomic E-state index is 11.6. The second-order valence-corrected chi connectivity index (χ2v) is 4.55. The van der Waals surface area contributed by atoms with Crippen LogP contribution in [0, 0.1) is 5.92 Å². The van der Waals surface area contributed by atoms with Gasteiger partial charge in [0.25, 0.3) is 0 Å². The molecule has 2 rings (SSSR count). The van der Waals surface area contributed by atoms with Gasteiger partial charge in [0, 0.05) is 20.7 Å². The summed E-state index contributed by atoms with van der Waals surface area (Å²) in [6.07, 6.45) is 4.16. The predicted molar refractivity (Wildman–Crippen MR) is 55.3 cm³/mol. The lowest BCUT2D eigenvalue weighted by Gasteiger charge is -2.22. The summed E-state index contributed by atoms with van der Waals surface area (Å²) in [5.41, 5.74) is 0. The van der Waals surface area contributed by atoms with Gasteiger partial charge < -0.3 is 14.4 Å². The minimum absolute atomic E-state index is 0.0660. The third-order valence-corrected chi connectivity index (χ3v) is 2.95. The van der Waals surface area contributed by atoms with Gasteiger partial charge in [-0.2, -0.15) is 0 Å². The van der Waals surface area contributed by atoms with E-state index < -0.39 is 0 Å². The van der Waals surface area contributed by atoms with Crippen molar-refractivity contribution >= 4 is 5.91 Å². The number of nitrogens with zero attached hydrogens (tertiary/aromatic N) is 1. The van der Waals surface area contributed by atoms with Gasteiger partial charge in [-0.05, 0) is 25.7 Å². The van der Waals surface area contributed by atoms with Gasteiger partial charge in [-0.1, -0.05) is 0 Å². The van der Waals surface area contributed by atoms with Crippen LogP contribution in [0.1, 0.15) is 25.7 Å². The van der Waals surface area contributed by atoms with Crippen LogP contribution in [-0.4, -0.2) is 43.9 Å². The van der Waals surface area contributed by atoms with Crippen molar-refractivity contribution in [2.24, 2.45) is 5.92 Å². The molecule has 4 heteroatoms. The largest absolute Gasteiger partial charge is 0.353 e.